The highest BCUT2D eigenvalue weighted by Crippen LogP contribution is 2.45. The van der Waals surface area contributed by atoms with Gasteiger partial charge in [-0.05, 0) is 58.6 Å². The molecule has 0 bridgehead atoms. The molecule has 0 spiro atoms. The molecule has 2 fully saturated rings. The number of benzene rings is 1. The third-order valence-electron chi connectivity index (χ3n) is 9.15. The van der Waals surface area contributed by atoms with Crippen molar-refractivity contribution in [2.75, 3.05) is 7.11 Å². The number of rotatable bonds is 11. The first-order valence-corrected chi connectivity index (χ1v) is 15.0. The first-order chi connectivity index (χ1) is 19.0. The van der Waals surface area contributed by atoms with Crippen molar-refractivity contribution in [2.45, 2.75) is 123 Å². The highest BCUT2D eigenvalue weighted by atomic mass is 16.7. The Morgan fingerprint density at radius 2 is 1.61 bits per heavy atom. The van der Waals surface area contributed by atoms with Crippen LogP contribution in [0.15, 0.2) is 24.3 Å². The zero-order valence-electron chi connectivity index (χ0n) is 26.4. The van der Waals surface area contributed by atoms with E-state index in [1.54, 1.807) is 34.8 Å². The van der Waals surface area contributed by atoms with Gasteiger partial charge in [0.25, 0.3) is 0 Å². The molecule has 1 aromatic rings. The van der Waals surface area contributed by atoms with Gasteiger partial charge >= 0.3 is 5.97 Å². The van der Waals surface area contributed by atoms with Crippen molar-refractivity contribution >= 4 is 5.97 Å². The number of hydrogen-bond acceptors (Lipinski definition) is 8. The topological polar surface area (TPSA) is 124 Å². The van der Waals surface area contributed by atoms with Crippen LogP contribution in [0.5, 0.6) is 5.75 Å². The summed E-state index contributed by atoms with van der Waals surface area (Å²) in [5.74, 6) is -2.75. The van der Waals surface area contributed by atoms with Gasteiger partial charge in [-0.1, -0.05) is 46.8 Å². The van der Waals surface area contributed by atoms with Gasteiger partial charge in [0.05, 0.1) is 49.1 Å². The number of hydrogen-bond donors (Lipinski definition) is 3. The SMILES string of the molecule is CC[C@@H](O)[C@H](C)[C@@H]1OC(c2ccc(OC)cc2)O[C@@H]([C@H](C)C[C@@](C)(O)[C@@H]2OC(C)(C)O[C@H]([C@@H](C)C(=O)O)[C@@H]2C)[C@@H]1C. The number of carboxylic acids is 1. The van der Waals surface area contributed by atoms with E-state index in [1.807, 2.05) is 45.0 Å². The molecule has 9 nitrogen and oxygen atoms in total. The van der Waals surface area contributed by atoms with Gasteiger partial charge in [0.15, 0.2) is 12.1 Å². The van der Waals surface area contributed by atoms with Gasteiger partial charge in [0, 0.05) is 23.3 Å². The molecule has 9 heteroatoms. The fourth-order valence-corrected chi connectivity index (χ4v) is 6.84. The van der Waals surface area contributed by atoms with Gasteiger partial charge < -0.3 is 39.0 Å². The Balaban J connectivity index is 1.88. The van der Waals surface area contributed by atoms with E-state index in [-0.39, 0.29) is 35.9 Å². The highest BCUT2D eigenvalue weighted by molar-refractivity contribution is 5.70. The van der Waals surface area contributed by atoms with Gasteiger partial charge in [-0.25, -0.2) is 0 Å². The highest BCUT2D eigenvalue weighted by Gasteiger charge is 2.52. The Kier molecular flexibility index (Phi) is 10.9. The molecular formula is C32H52O9. The van der Waals surface area contributed by atoms with E-state index in [2.05, 4.69) is 13.8 Å². The predicted molar refractivity (Wildman–Crippen MR) is 154 cm³/mol. The van der Waals surface area contributed by atoms with Gasteiger partial charge in [0.2, 0.25) is 0 Å². The van der Waals surface area contributed by atoms with E-state index in [4.69, 9.17) is 23.7 Å². The number of aliphatic hydroxyl groups excluding tert-OH is 1. The van der Waals surface area contributed by atoms with Crippen molar-refractivity contribution < 1.29 is 43.8 Å². The molecule has 0 saturated carbocycles. The molecule has 1 aromatic carbocycles. The van der Waals surface area contributed by atoms with E-state index in [9.17, 15) is 20.1 Å². The summed E-state index contributed by atoms with van der Waals surface area (Å²) < 4.78 is 30.7. The molecule has 2 heterocycles. The molecule has 3 rings (SSSR count). The van der Waals surface area contributed by atoms with Crippen LogP contribution < -0.4 is 4.74 Å². The Morgan fingerprint density at radius 3 is 2.15 bits per heavy atom. The Hall–Kier alpha value is -1.75. The van der Waals surface area contributed by atoms with Crippen LogP contribution in [0.1, 0.15) is 87.0 Å². The molecule has 0 aliphatic carbocycles. The average Bonchev–Trinajstić information content (AvgIpc) is 2.92. The smallest absolute Gasteiger partial charge is 0.308 e. The first kappa shape index (κ1) is 33.7. The van der Waals surface area contributed by atoms with Gasteiger partial charge in [-0.2, -0.15) is 0 Å². The van der Waals surface area contributed by atoms with Crippen molar-refractivity contribution in [3.63, 3.8) is 0 Å². The van der Waals surface area contributed by atoms with Crippen LogP contribution in [-0.4, -0.2) is 70.3 Å². The van der Waals surface area contributed by atoms with Crippen LogP contribution in [0.2, 0.25) is 0 Å². The molecule has 41 heavy (non-hydrogen) atoms. The number of aliphatic hydroxyl groups is 2. The Labute approximate surface area is 245 Å². The summed E-state index contributed by atoms with van der Waals surface area (Å²) in [5, 5.41) is 32.4. The zero-order chi connectivity index (χ0) is 30.9. The molecule has 2 aliphatic rings. The second-order valence-electron chi connectivity index (χ2n) is 13.0. The van der Waals surface area contributed by atoms with E-state index in [0.717, 1.165) is 11.3 Å². The van der Waals surface area contributed by atoms with Crippen molar-refractivity contribution in [3.8, 4) is 5.75 Å². The molecule has 234 valence electrons. The van der Waals surface area contributed by atoms with Crippen LogP contribution in [0.25, 0.3) is 0 Å². The van der Waals surface area contributed by atoms with Crippen LogP contribution in [0.4, 0.5) is 0 Å². The van der Waals surface area contributed by atoms with Crippen molar-refractivity contribution in [1.29, 1.82) is 0 Å². The minimum atomic E-state index is -1.31. The minimum absolute atomic E-state index is 0.0734. The van der Waals surface area contributed by atoms with Crippen LogP contribution in [0, 0.1) is 29.6 Å². The number of carbonyl (C=O) groups is 1. The number of ether oxygens (including phenoxy) is 5. The van der Waals surface area contributed by atoms with Crippen LogP contribution in [-0.2, 0) is 23.7 Å². The summed E-state index contributed by atoms with van der Waals surface area (Å²) in [7, 11) is 1.62. The second kappa shape index (κ2) is 13.3. The maximum absolute atomic E-state index is 11.9. The molecule has 2 aliphatic heterocycles. The average molecular weight is 581 g/mol. The molecule has 3 N–H and O–H groups in total. The summed E-state index contributed by atoms with van der Waals surface area (Å²) >= 11 is 0. The molecule has 0 radical (unpaired) electrons. The quantitative estimate of drug-likeness (QED) is 0.325. The lowest BCUT2D eigenvalue weighted by molar-refractivity contribution is -0.352. The van der Waals surface area contributed by atoms with Crippen LogP contribution >= 0.6 is 0 Å². The summed E-state index contributed by atoms with van der Waals surface area (Å²) in [5.41, 5.74) is -0.462. The molecule has 2 saturated heterocycles. The maximum atomic E-state index is 11.9. The fraction of sp³-hybridized carbons (Fsp3) is 0.781. The van der Waals surface area contributed by atoms with Gasteiger partial charge in [-0.3, -0.25) is 4.79 Å². The first-order valence-electron chi connectivity index (χ1n) is 15.0. The molecular weight excluding hydrogens is 528 g/mol. The van der Waals surface area contributed by atoms with Crippen molar-refractivity contribution in [3.05, 3.63) is 29.8 Å². The van der Waals surface area contributed by atoms with Gasteiger partial charge in [0.1, 0.15) is 5.75 Å². The predicted octanol–water partition coefficient (Wildman–Crippen LogP) is 5.18. The maximum Gasteiger partial charge on any atom is 0.308 e. The lowest BCUT2D eigenvalue weighted by Gasteiger charge is -2.52. The normalized spacial score (nSPS) is 34.6. The number of carboxylic acid groups (broad SMARTS) is 1. The Morgan fingerprint density at radius 1 is 1.02 bits per heavy atom. The van der Waals surface area contributed by atoms with E-state index in [1.165, 1.54) is 0 Å². The van der Waals surface area contributed by atoms with Gasteiger partial charge in [-0.15, -0.1) is 0 Å². The van der Waals surface area contributed by atoms with E-state index < -0.39 is 47.9 Å². The van der Waals surface area contributed by atoms with E-state index in [0.29, 0.717) is 12.8 Å². The summed E-state index contributed by atoms with van der Waals surface area (Å²) in [6, 6.07) is 7.56. The van der Waals surface area contributed by atoms with Crippen LogP contribution in [0.3, 0.4) is 0 Å². The molecule has 0 aromatic heterocycles. The fourth-order valence-electron chi connectivity index (χ4n) is 6.84. The lowest BCUT2D eigenvalue weighted by atomic mass is 9.73. The summed E-state index contributed by atoms with van der Waals surface area (Å²) in [6.07, 6.45) is -2.08. The third-order valence-corrected chi connectivity index (χ3v) is 9.15. The molecule has 0 amide bonds. The Bertz CT molecular complexity index is 993. The molecule has 12 atom stereocenters. The van der Waals surface area contributed by atoms with Crippen molar-refractivity contribution in [2.24, 2.45) is 29.6 Å². The summed E-state index contributed by atoms with van der Waals surface area (Å²) in [4.78, 5) is 11.8. The summed E-state index contributed by atoms with van der Waals surface area (Å²) in [6.45, 7) is 16.8. The zero-order valence-corrected chi connectivity index (χ0v) is 26.4. The number of aliphatic carboxylic acids is 1. The minimum Gasteiger partial charge on any atom is -0.497 e. The standard InChI is InChI=1S/C32H52O9/c1-11-24(33)18(3)26-19(4)25(38-30(39-26)22-12-14-23(37-10)15-13-22)17(2)16-32(9,36)28-20(5)27(21(6)29(34)35)40-31(7,8)41-28/h12-15,17-21,24-28,30,33,36H,11,16H2,1-10H3,(H,34,35)/t17-,18+,19+,20+,21-,24-,25+,26+,27+,28-,30?,32-/m1/s1. The third kappa shape index (κ3) is 7.61. The van der Waals surface area contributed by atoms with E-state index >= 15 is 0 Å². The second-order valence-corrected chi connectivity index (χ2v) is 13.0. The van der Waals surface area contributed by atoms with Crippen molar-refractivity contribution in [1.82, 2.24) is 0 Å². The molecule has 1 unspecified atom stereocenters. The largest absolute Gasteiger partial charge is 0.497 e. The monoisotopic (exact) mass is 580 g/mol. The number of methoxy groups -OCH3 is 1. The lowest BCUT2D eigenvalue weighted by Crippen LogP contribution is -2.61.